The van der Waals surface area contributed by atoms with Crippen molar-refractivity contribution in [2.75, 3.05) is 25.6 Å². The van der Waals surface area contributed by atoms with Crippen molar-refractivity contribution in [3.63, 3.8) is 0 Å². The van der Waals surface area contributed by atoms with Crippen LogP contribution < -0.4 is 20.2 Å². The van der Waals surface area contributed by atoms with Crippen LogP contribution in [-0.2, 0) is 14.8 Å². The second-order valence-electron chi connectivity index (χ2n) is 7.67. The van der Waals surface area contributed by atoms with E-state index < -0.39 is 10.0 Å². The van der Waals surface area contributed by atoms with Crippen molar-refractivity contribution in [3.8, 4) is 11.4 Å². The fourth-order valence-corrected chi connectivity index (χ4v) is 3.82. The van der Waals surface area contributed by atoms with Crippen molar-refractivity contribution >= 4 is 27.8 Å². The molecule has 9 nitrogen and oxygen atoms in total. The van der Waals surface area contributed by atoms with Crippen LogP contribution in [0.2, 0.25) is 0 Å². The van der Waals surface area contributed by atoms with Crippen LogP contribution in [0.15, 0.2) is 64.6 Å². The highest BCUT2D eigenvalue weighted by Crippen LogP contribution is 2.21. The summed E-state index contributed by atoms with van der Waals surface area (Å²) in [5.41, 5.74) is 6.84. The maximum absolute atomic E-state index is 12.1. The van der Waals surface area contributed by atoms with Crippen molar-refractivity contribution in [1.82, 2.24) is 9.99 Å². The minimum Gasteiger partial charge on any atom is -0.484 e. The van der Waals surface area contributed by atoms with Gasteiger partial charge in [0.1, 0.15) is 5.75 Å². The zero-order chi connectivity index (χ0) is 24.2. The third-order valence-corrected chi connectivity index (χ3v) is 5.92. The normalized spacial score (nSPS) is 11.5. The van der Waals surface area contributed by atoms with Gasteiger partial charge in [0.25, 0.3) is 5.91 Å². The van der Waals surface area contributed by atoms with Crippen LogP contribution >= 0.6 is 0 Å². The number of nitrogens with zero attached hydrogens (tertiary/aromatic N) is 3. The van der Waals surface area contributed by atoms with E-state index in [0.717, 1.165) is 28.3 Å². The minimum absolute atomic E-state index is 0.0499. The zero-order valence-corrected chi connectivity index (χ0v) is 19.8. The molecule has 0 bridgehead atoms. The number of sulfonamides is 1. The summed E-state index contributed by atoms with van der Waals surface area (Å²) < 4.78 is 30.4. The van der Waals surface area contributed by atoms with Crippen LogP contribution in [-0.4, -0.2) is 45.8 Å². The lowest BCUT2D eigenvalue weighted by atomic mass is 10.2. The first-order chi connectivity index (χ1) is 15.6. The molecule has 174 valence electrons. The number of nitrogens with two attached hydrogens (primary N) is 1. The van der Waals surface area contributed by atoms with Crippen molar-refractivity contribution < 1.29 is 17.9 Å². The van der Waals surface area contributed by atoms with Gasteiger partial charge in [0.05, 0.1) is 11.1 Å². The SMILES string of the molecule is Cc1cc(/C=N/NC(=O)COc2cccc(N(C)C)c2)c(C)n1-c1ccc(S(N)(=O)=O)cc1. The lowest BCUT2D eigenvalue weighted by molar-refractivity contribution is -0.123. The maximum atomic E-state index is 12.1. The summed E-state index contributed by atoms with van der Waals surface area (Å²) in [7, 11) is 0.107. The monoisotopic (exact) mass is 469 g/mol. The number of benzene rings is 2. The van der Waals surface area contributed by atoms with Crippen molar-refractivity contribution in [2.24, 2.45) is 10.2 Å². The molecule has 0 unspecified atom stereocenters. The highest BCUT2D eigenvalue weighted by atomic mass is 32.2. The molecule has 1 aromatic heterocycles. The first kappa shape index (κ1) is 24.0. The van der Waals surface area contributed by atoms with Crippen LogP contribution in [0.5, 0.6) is 5.75 Å². The molecule has 1 amide bonds. The zero-order valence-electron chi connectivity index (χ0n) is 18.9. The number of ether oxygens (including phenoxy) is 1. The Kier molecular flexibility index (Phi) is 7.19. The molecule has 0 fully saturated rings. The molecule has 3 rings (SSSR count). The van der Waals surface area contributed by atoms with E-state index in [9.17, 15) is 13.2 Å². The molecule has 0 saturated carbocycles. The molecule has 1 heterocycles. The van der Waals surface area contributed by atoms with Crippen LogP contribution in [0.25, 0.3) is 5.69 Å². The first-order valence-electron chi connectivity index (χ1n) is 10.1. The number of nitrogens with one attached hydrogen (secondary N) is 1. The largest absolute Gasteiger partial charge is 0.484 e. The highest BCUT2D eigenvalue weighted by molar-refractivity contribution is 7.89. The summed E-state index contributed by atoms with van der Waals surface area (Å²) in [4.78, 5) is 14.1. The van der Waals surface area contributed by atoms with Gasteiger partial charge in [0.15, 0.2) is 6.61 Å². The van der Waals surface area contributed by atoms with E-state index in [0.29, 0.717) is 5.75 Å². The summed E-state index contributed by atoms with van der Waals surface area (Å²) in [6.45, 7) is 3.67. The van der Waals surface area contributed by atoms with Crippen LogP contribution in [0.1, 0.15) is 17.0 Å². The predicted molar refractivity (Wildman–Crippen MR) is 129 cm³/mol. The molecule has 0 atom stereocenters. The quantitative estimate of drug-likeness (QED) is 0.388. The van der Waals surface area contributed by atoms with E-state index in [4.69, 9.17) is 9.88 Å². The Hall–Kier alpha value is -3.63. The number of anilines is 1. The van der Waals surface area contributed by atoms with Crippen molar-refractivity contribution in [3.05, 3.63) is 71.5 Å². The molecule has 2 aromatic carbocycles. The molecule has 10 heteroatoms. The molecule has 0 saturated heterocycles. The number of hydrogen-bond acceptors (Lipinski definition) is 6. The lowest BCUT2D eigenvalue weighted by Crippen LogP contribution is -2.24. The molecular weight excluding hydrogens is 442 g/mol. The summed E-state index contributed by atoms with van der Waals surface area (Å²) in [5, 5.41) is 9.20. The second-order valence-corrected chi connectivity index (χ2v) is 9.24. The highest BCUT2D eigenvalue weighted by Gasteiger charge is 2.12. The van der Waals surface area contributed by atoms with Gasteiger partial charge < -0.3 is 14.2 Å². The van der Waals surface area contributed by atoms with Crippen LogP contribution in [0.4, 0.5) is 5.69 Å². The van der Waals surface area contributed by atoms with Crippen LogP contribution in [0, 0.1) is 13.8 Å². The Bertz CT molecular complexity index is 1280. The number of hydrazone groups is 1. The Labute approximate surface area is 193 Å². The van der Waals surface area contributed by atoms with E-state index in [2.05, 4.69) is 10.5 Å². The summed E-state index contributed by atoms with van der Waals surface area (Å²) in [6.07, 6.45) is 1.56. The average molecular weight is 470 g/mol. The molecule has 33 heavy (non-hydrogen) atoms. The predicted octanol–water partition coefficient (Wildman–Crippen LogP) is 2.34. The van der Waals surface area contributed by atoms with Crippen molar-refractivity contribution in [2.45, 2.75) is 18.7 Å². The van der Waals surface area contributed by atoms with Gasteiger partial charge in [-0.05, 0) is 56.3 Å². The topological polar surface area (TPSA) is 119 Å². The van der Waals surface area contributed by atoms with E-state index >= 15 is 0 Å². The fourth-order valence-electron chi connectivity index (χ4n) is 3.31. The number of hydrogen-bond donors (Lipinski definition) is 2. The van der Waals surface area contributed by atoms with E-state index in [1.165, 1.54) is 12.1 Å². The van der Waals surface area contributed by atoms with Crippen molar-refractivity contribution in [1.29, 1.82) is 0 Å². The second kappa shape index (κ2) is 9.88. The number of aryl methyl sites for hydroxylation is 1. The molecule has 0 spiro atoms. The Balaban J connectivity index is 1.64. The van der Waals surface area contributed by atoms with Gasteiger partial charge in [0.2, 0.25) is 10.0 Å². The summed E-state index contributed by atoms with van der Waals surface area (Å²) in [6, 6.07) is 15.7. The fraction of sp³-hybridized carbons (Fsp3) is 0.217. The molecule has 0 aliphatic carbocycles. The molecule has 3 N–H and O–H groups in total. The van der Waals surface area contributed by atoms with Crippen LogP contribution in [0.3, 0.4) is 0 Å². The molecule has 3 aromatic rings. The third kappa shape index (κ3) is 5.99. The van der Waals surface area contributed by atoms with Gasteiger partial charge in [-0.3, -0.25) is 4.79 Å². The smallest absolute Gasteiger partial charge is 0.277 e. The van der Waals surface area contributed by atoms with Gasteiger partial charge >= 0.3 is 0 Å². The number of aromatic nitrogens is 1. The molecule has 0 aliphatic heterocycles. The van der Waals surface area contributed by atoms with Gasteiger partial charge in [-0.2, -0.15) is 5.10 Å². The van der Waals surface area contributed by atoms with Gasteiger partial charge in [-0.15, -0.1) is 0 Å². The standard InChI is InChI=1S/C23H27N5O4S/c1-16-12-18(17(2)28(16)19-8-10-22(11-9-19)33(24,30)31)14-25-26-23(29)15-32-21-7-5-6-20(13-21)27(3)4/h5-14H,15H2,1-4H3,(H,26,29)(H2,24,30,31)/b25-14+. The molecule has 0 aliphatic rings. The maximum Gasteiger partial charge on any atom is 0.277 e. The van der Waals surface area contributed by atoms with E-state index in [1.54, 1.807) is 24.4 Å². The first-order valence-corrected chi connectivity index (χ1v) is 11.6. The Morgan fingerprint density at radius 1 is 1.15 bits per heavy atom. The Morgan fingerprint density at radius 2 is 1.85 bits per heavy atom. The molecular formula is C23H27N5O4S. The number of amides is 1. The number of carbonyl (C=O) groups is 1. The Morgan fingerprint density at radius 3 is 2.48 bits per heavy atom. The third-order valence-electron chi connectivity index (χ3n) is 4.99. The van der Waals surface area contributed by atoms with Gasteiger partial charge in [-0.25, -0.2) is 19.0 Å². The summed E-state index contributed by atoms with van der Waals surface area (Å²) in [5.74, 6) is 0.214. The van der Waals surface area contributed by atoms with Gasteiger partial charge in [-0.1, -0.05) is 6.07 Å². The number of carbonyl (C=O) groups excluding carboxylic acids is 1. The van der Waals surface area contributed by atoms with Gasteiger partial charge in [0, 0.05) is 48.5 Å². The number of rotatable bonds is 8. The summed E-state index contributed by atoms with van der Waals surface area (Å²) >= 11 is 0. The van der Waals surface area contributed by atoms with E-state index in [1.807, 2.05) is 61.7 Å². The number of primary sulfonamides is 1. The average Bonchev–Trinajstić information content (AvgIpc) is 3.05. The van der Waals surface area contributed by atoms with E-state index in [-0.39, 0.29) is 17.4 Å². The minimum atomic E-state index is -3.75. The molecule has 0 radical (unpaired) electrons. The lowest BCUT2D eigenvalue weighted by Gasteiger charge is -2.13.